The molecule has 0 aromatic carbocycles. The van der Waals surface area contributed by atoms with E-state index in [0.29, 0.717) is 0 Å². The quantitative estimate of drug-likeness (QED) is 0.519. The number of hydrogen-bond acceptors (Lipinski definition) is 2. The molecule has 0 aliphatic heterocycles. The molecule has 0 fully saturated rings. The zero-order valence-corrected chi connectivity index (χ0v) is 5.49. The third-order valence-electron chi connectivity index (χ3n) is 0.495. The van der Waals surface area contributed by atoms with E-state index in [1.54, 1.807) is 25.1 Å². The molecule has 0 aliphatic rings. The number of ether oxygens (including phenoxy) is 1. The molecule has 0 aromatic rings. The van der Waals surface area contributed by atoms with Crippen molar-refractivity contribution in [1.29, 1.82) is 0 Å². The lowest BCUT2D eigenvalue weighted by Crippen LogP contribution is -1.67. The Bertz CT molecular complexity index is 52.0. The molecular weight excluding hydrogens is 108 g/mol. The van der Waals surface area contributed by atoms with Gasteiger partial charge in [-0.2, -0.15) is 11.8 Å². The summed E-state index contributed by atoms with van der Waals surface area (Å²) in [6.07, 6.45) is 5.72. The molecule has 0 heterocycles. The standard InChI is InChI=1S/C5H10OS/c1-6-4-3-5-7-2/h3-4H,5H2,1-2H3/b4-3+. The molecule has 0 rings (SSSR count). The van der Waals surface area contributed by atoms with Gasteiger partial charge in [0.25, 0.3) is 0 Å². The van der Waals surface area contributed by atoms with E-state index in [1.165, 1.54) is 0 Å². The van der Waals surface area contributed by atoms with Gasteiger partial charge in [-0.15, -0.1) is 0 Å². The predicted molar refractivity (Wildman–Crippen MR) is 34.5 cm³/mol. The van der Waals surface area contributed by atoms with E-state index in [4.69, 9.17) is 0 Å². The smallest absolute Gasteiger partial charge is 0.0793 e. The van der Waals surface area contributed by atoms with Crippen molar-refractivity contribution in [3.05, 3.63) is 12.3 Å². The molecule has 42 valence electrons. The molecule has 0 amide bonds. The third kappa shape index (κ3) is 5.89. The van der Waals surface area contributed by atoms with E-state index in [1.807, 2.05) is 6.08 Å². The van der Waals surface area contributed by atoms with Gasteiger partial charge in [-0.05, 0) is 12.3 Å². The van der Waals surface area contributed by atoms with Crippen LogP contribution < -0.4 is 0 Å². The Morgan fingerprint density at radius 2 is 2.43 bits per heavy atom. The maximum absolute atomic E-state index is 4.65. The lowest BCUT2D eigenvalue weighted by molar-refractivity contribution is 0.337. The van der Waals surface area contributed by atoms with Crippen molar-refractivity contribution in [2.24, 2.45) is 0 Å². The van der Waals surface area contributed by atoms with Crippen LogP contribution in [0.1, 0.15) is 0 Å². The van der Waals surface area contributed by atoms with Crippen LogP contribution in [0.4, 0.5) is 0 Å². The SMILES string of the molecule is CO/C=C/CSC. The molecule has 0 radical (unpaired) electrons. The maximum atomic E-state index is 4.65. The highest BCUT2D eigenvalue weighted by Crippen LogP contribution is 1.89. The van der Waals surface area contributed by atoms with Gasteiger partial charge in [0.1, 0.15) is 0 Å². The summed E-state index contributed by atoms with van der Waals surface area (Å²) >= 11 is 1.77. The Labute approximate surface area is 48.7 Å². The lowest BCUT2D eigenvalue weighted by atomic mass is 10.7. The Balaban J connectivity index is 2.78. The predicted octanol–water partition coefficient (Wildman–Crippen LogP) is 1.51. The molecule has 0 aliphatic carbocycles. The maximum Gasteiger partial charge on any atom is 0.0793 e. The van der Waals surface area contributed by atoms with Crippen molar-refractivity contribution in [3.8, 4) is 0 Å². The van der Waals surface area contributed by atoms with Crippen LogP contribution in [0.25, 0.3) is 0 Å². The number of rotatable bonds is 3. The molecule has 0 saturated heterocycles. The highest BCUT2D eigenvalue weighted by atomic mass is 32.2. The minimum absolute atomic E-state index is 1.04. The van der Waals surface area contributed by atoms with Crippen LogP contribution >= 0.6 is 11.8 Å². The topological polar surface area (TPSA) is 9.23 Å². The van der Waals surface area contributed by atoms with Gasteiger partial charge in [-0.1, -0.05) is 0 Å². The molecule has 0 spiro atoms. The average Bonchev–Trinajstić information content (AvgIpc) is 1.69. The lowest BCUT2D eigenvalue weighted by Gasteiger charge is -1.83. The summed E-state index contributed by atoms with van der Waals surface area (Å²) < 4.78 is 4.65. The van der Waals surface area contributed by atoms with Gasteiger partial charge in [-0.25, -0.2) is 0 Å². The zero-order chi connectivity index (χ0) is 5.54. The molecule has 0 unspecified atom stereocenters. The first-order valence-corrected chi connectivity index (χ1v) is 3.48. The zero-order valence-electron chi connectivity index (χ0n) is 4.68. The largest absolute Gasteiger partial charge is 0.505 e. The van der Waals surface area contributed by atoms with Gasteiger partial charge in [-0.3, -0.25) is 0 Å². The van der Waals surface area contributed by atoms with Crippen LogP contribution in [0.5, 0.6) is 0 Å². The average molecular weight is 118 g/mol. The van der Waals surface area contributed by atoms with Gasteiger partial charge in [0.05, 0.1) is 13.4 Å². The minimum atomic E-state index is 1.04. The Morgan fingerprint density at radius 1 is 1.71 bits per heavy atom. The first kappa shape index (κ1) is 6.89. The van der Waals surface area contributed by atoms with Crippen LogP contribution in [-0.4, -0.2) is 19.1 Å². The fourth-order valence-corrected chi connectivity index (χ4v) is 0.503. The highest BCUT2D eigenvalue weighted by Gasteiger charge is 1.67. The van der Waals surface area contributed by atoms with E-state index in [-0.39, 0.29) is 0 Å². The van der Waals surface area contributed by atoms with Gasteiger partial charge in [0.15, 0.2) is 0 Å². The molecule has 7 heavy (non-hydrogen) atoms. The van der Waals surface area contributed by atoms with Crippen molar-refractivity contribution in [2.45, 2.75) is 0 Å². The van der Waals surface area contributed by atoms with Crippen molar-refractivity contribution >= 4 is 11.8 Å². The van der Waals surface area contributed by atoms with E-state index in [2.05, 4.69) is 11.0 Å². The summed E-state index contributed by atoms with van der Waals surface area (Å²) in [5.74, 6) is 1.04. The van der Waals surface area contributed by atoms with E-state index in [9.17, 15) is 0 Å². The summed E-state index contributed by atoms with van der Waals surface area (Å²) in [5, 5.41) is 0. The van der Waals surface area contributed by atoms with Gasteiger partial charge < -0.3 is 4.74 Å². The number of thioether (sulfide) groups is 1. The van der Waals surface area contributed by atoms with E-state index < -0.39 is 0 Å². The molecule has 0 atom stereocenters. The van der Waals surface area contributed by atoms with Gasteiger partial charge in [0, 0.05) is 5.75 Å². The van der Waals surface area contributed by atoms with Crippen LogP contribution in [0, 0.1) is 0 Å². The Kier molecular flexibility index (Phi) is 5.80. The summed E-state index contributed by atoms with van der Waals surface area (Å²) in [6, 6.07) is 0. The van der Waals surface area contributed by atoms with Crippen molar-refractivity contribution in [1.82, 2.24) is 0 Å². The van der Waals surface area contributed by atoms with Gasteiger partial charge in [0.2, 0.25) is 0 Å². The summed E-state index contributed by atoms with van der Waals surface area (Å²) in [4.78, 5) is 0. The van der Waals surface area contributed by atoms with Crippen LogP contribution in [-0.2, 0) is 4.74 Å². The van der Waals surface area contributed by atoms with E-state index in [0.717, 1.165) is 5.75 Å². The fourth-order valence-electron chi connectivity index (χ4n) is 0.232. The first-order chi connectivity index (χ1) is 3.41. The number of hydrogen-bond donors (Lipinski definition) is 0. The second-order valence-electron chi connectivity index (χ2n) is 1.06. The van der Waals surface area contributed by atoms with Crippen molar-refractivity contribution < 1.29 is 4.74 Å². The summed E-state index contributed by atoms with van der Waals surface area (Å²) in [6.45, 7) is 0. The molecule has 0 saturated carbocycles. The fraction of sp³-hybridized carbons (Fsp3) is 0.600. The van der Waals surface area contributed by atoms with Gasteiger partial charge >= 0.3 is 0 Å². The Hall–Kier alpha value is -0.110. The van der Waals surface area contributed by atoms with Crippen molar-refractivity contribution in [2.75, 3.05) is 19.1 Å². The molecule has 1 nitrogen and oxygen atoms in total. The molecule has 2 heteroatoms. The Morgan fingerprint density at radius 3 is 2.86 bits per heavy atom. The minimum Gasteiger partial charge on any atom is -0.505 e. The number of methoxy groups -OCH3 is 1. The van der Waals surface area contributed by atoms with Crippen molar-refractivity contribution in [3.63, 3.8) is 0 Å². The second-order valence-corrected chi connectivity index (χ2v) is 1.97. The normalized spacial score (nSPS) is 10.0. The summed E-state index contributed by atoms with van der Waals surface area (Å²) in [5.41, 5.74) is 0. The van der Waals surface area contributed by atoms with Crippen LogP contribution in [0.15, 0.2) is 12.3 Å². The monoisotopic (exact) mass is 118 g/mol. The molecule has 0 bridgehead atoms. The molecule has 0 aromatic heterocycles. The second kappa shape index (κ2) is 5.89. The first-order valence-electron chi connectivity index (χ1n) is 2.08. The summed E-state index contributed by atoms with van der Waals surface area (Å²) in [7, 11) is 1.65. The molecular formula is C5H10OS. The molecule has 0 N–H and O–H groups in total. The van der Waals surface area contributed by atoms with Crippen LogP contribution in [0.2, 0.25) is 0 Å². The third-order valence-corrected chi connectivity index (χ3v) is 1.02. The highest BCUT2D eigenvalue weighted by molar-refractivity contribution is 7.98. The van der Waals surface area contributed by atoms with E-state index >= 15 is 0 Å². The van der Waals surface area contributed by atoms with Crippen LogP contribution in [0.3, 0.4) is 0 Å².